The molecule has 8 heteroatoms. The Morgan fingerprint density at radius 2 is 2.03 bits per heavy atom. The van der Waals surface area contributed by atoms with Crippen LogP contribution in [0.25, 0.3) is 27.5 Å². The van der Waals surface area contributed by atoms with Crippen molar-refractivity contribution >= 4 is 27.8 Å². The number of carboxylic acids is 1. The average molecular weight is 468 g/mol. The maximum absolute atomic E-state index is 14.4. The smallest absolute Gasteiger partial charge is 0.306 e. The summed E-state index contributed by atoms with van der Waals surface area (Å²) < 4.78 is 35.8. The lowest BCUT2D eigenvalue weighted by molar-refractivity contribution is -0.141. The van der Waals surface area contributed by atoms with E-state index in [2.05, 4.69) is 24.0 Å². The predicted molar refractivity (Wildman–Crippen MR) is 125 cm³/mol. The number of fused-ring (bicyclic) bond motifs is 2. The number of benzene rings is 2. The first-order chi connectivity index (χ1) is 16.2. The van der Waals surface area contributed by atoms with E-state index in [1.54, 1.807) is 19.4 Å². The first kappa shape index (κ1) is 22.5. The van der Waals surface area contributed by atoms with E-state index in [9.17, 15) is 18.7 Å². The molecular weight excluding hydrogens is 440 g/mol. The van der Waals surface area contributed by atoms with Crippen LogP contribution >= 0.6 is 0 Å². The number of aliphatic carboxylic acids is 1. The molecule has 0 radical (unpaired) electrons. The minimum atomic E-state index is -0.924. The van der Waals surface area contributed by atoms with Gasteiger partial charge in [-0.15, -0.1) is 0 Å². The number of aromatic amines is 1. The third kappa shape index (κ3) is 3.57. The maximum Gasteiger partial charge on any atom is 0.306 e. The standard InChI is InChI=1S/C26H27F2N3O3/c1-26(2,13-34-3)24-23(14-4-5-15(8-14)25(32)33)18-11-21-16(12-29-30-21)9-22(18)31(24)17-6-7-19(27)20(28)10-17/h6-7,9-12,14-15H,4-5,8,13H2,1-3H3,(H,29,30)(H,32,33). The third-order valence-corrected chi connectivity index (χ3v) is 7.06. The van der Waals surface area contributed by atoms with Gasteiger partial charge >= 0.3 is 5.97 Å². The number of hydrogen-bond donors (Lipinski definition) is 2. The molecule has 34 heavy (non-hydrogen) atoms. The molecule has 1 fully saturated rings. The minimum Gasteiger partial charge on any atom is -0.481 e. The molecule has 2 atom stereocenters. The molecule has 0 aliphatic heterocycles. The van der Waals surface area contributed by atoms with Gasteiger partial charge in [-0.05, 0) is 55.0 Å². The minimum absolute atomic E-state index is 0.0154. The van der Waals surface area contributed by atoms with Crippen molar-refractivity contribution in [3.05, 3.63) is 59.4 Å². The number of carbonyl (C=O) groups is 1. The molecule has 2 unspecified atom stereocenters. The number of methoxy groups -OCH3 is 1. The van der Waals surface area contributed by atoms with Gasteiger partial charge in [0.05, 0.1) is 29.8 Å². The van der Waals surface area contributed by atoms with Gasteiger partial charge in [0.1, 0.15) is 0 Å². The molecule has 0 saturated heterocycles. The number of rotatable bonds is 6. The zero-order chi connectivity index (χ0) is 24.2. The molecule has 0 bridgehead atoms. The van der Waals surface area contributed by atoms with Gasteiger partial charge in [-0.3, -0.25) is 9.89 Å². The van der Waals surface area contributed by atoms with Crippen LogP contribution in [0, 0.1) is 17.6 Å². The van der Waals surface area contributed by atoms with Gasteiger partial charge in [0.25, 0.3) is 0 Å². The van der Waals surface area contributed by atoms with Crippen LogP contribution in [0.2, 0.25) is 0 Å². The first-order valence-electron chi connectivity index (χ1n) is 11.4. The van der Waals surface area contributed by atoms with Crippen molar-refractivity contribution in [2.75, 3.05) is 13.7 Å². The van der Waals surface area contributed by atoms with Gasteiger partial charge in [-0.1, -0.05) is 13.8 Å². The zero-order valence-electron chi connectivity index (χ0n) is 19.4. The summed E-state index contributed by atoms with van der Waals surface area (Å²) in [5.74, 6) is -2.99. The highest BCUT2D eigenvalue weighted by Crippen LogP contribution is 2.48. The molecule has 6 nitrogen and oxygen atoms in total. The highest BCUT2D eigenvalue weighted by molar-refractivity contribution is 5.99. The number of H-pyrrole nitrogens is 1. The van der Waals surface area contributed by atoms with Crippen molar-refractivity contribution in [2.24, 2.45) is 5.92 Å². The van der Waals surface area contributed by atoms with Crippen LogP contribution in [-0.2, 0) is 14.9 Å². The summed E-state index contributed by atoms with van der Waals surface area (Å²) in [5, 5.41) is 18.7. The summed E-state index contributed by atoms with van der Waals surface area (Å²) in [7, 11) is 1.64. The maximum atomic E-state index is 14.4. The molecule has 4 aromatic rings. The quantitative estimate of drug-likeness (QED) is 0.383. The molecule has 5 rings (SSSR count). The van der Waals surface area contributed by atoms with Gasteiger partial charge in [0.2, 0.25) is 0 Å². The second-order valence-corrected chi connectivity index (χ2v) is 9.88. The number of nitrogens with one attached hydrogen (secondary N) is 1. The fraction of sp³-hybridized carbons (Fsp3) is 0.385. The monoisotopic (exact) mass is 467 g/mol. The lowest BCUT2D eigenvalue weighted by Crippen LogP contribution is -2.28. The Bertz CT molecular complexity index is 1410. The van der Waals surface area contributed by atoms with E-state index in [1.807, 2.05) is 16.7 Å². The molecular formula is C26H27F2N3O3. The Morgan fingerprint density at radius 1 is 1.24 bits per heavy atom. The van der Waals surface area contributed by atoms with E-state index in [-0.39, 0.29) is 5.92 Å². The van der Waals surface area contributed by atoms with Crippen molar-refractivity contribution in [3.63, 3.8) is 0 Å². The first-order valence-corrected chi connectivity index (χ1v) is 11.4. The number of aromatic nitrogens is 3. The van der Waals surface area contributed by atoms with Crippen LogP contribution in [0.15, 0.2) is 36.5 Å². The lowest BCUT2D eigenvalue weighted by atomic mass is 9.82. The average Bonchev–Trinajstić information content (AvgIpc) is 3.50. The van der Waals surface area contributed by atoms with Gasteiger partial charge in [-0.2, -0.15) is 5.10 Å². The molecule has 1 aliphatic rings. The third-order valence-electron chi connectivity index (χ3n) is 7.06. The SMILES string of the molecule is COCC(C)(C)c1c(C2CCC(C(=O)O)C2)c2cc3[nH]ncc3cc2n1-c1ccc(F)c(F)c1. The molecule has 2 aromatic heterocycles. The number of halogens is 2. The lowest BCUT2D eigenvalue weighted by Gasteiger charge is -2.29. The van der Waals surface area contributed by atoms with Crippen molar-refractivity contribution < 1.29 is 23.4 Å². The summed E-state index contributed by atoms with van der Waals surface area (Å²) in [4.78, 5) is 11.7. The molecule has 0 amide bonds. The number of nitrogens with zero attached hydrogens (tertiary/aromatic N) is 2. The normalized spacial score (nSPS) is 18.9. The van der Waals surface area contributed by atoms with Crippen molar-refractivity contribution in [1.29, 1.82) is 0 Å². The van der Waals surface area contributed by atoms with E-state index < -0.39 is 28.9 Å². The summed E-state index contributed by atoms with van der Waals surface area (Å²) >= 11 is 0. The highest BCUT2D eigenvalue weighted by atomic mass is 19.2. The van der Waals surface area contributed by atoms with Crippen molar-refractivity contribution in [2.45, 2.75) is 44.4 Å². The van der Waals surface area contributed by atoms with Crippen molar-refractivity contribution in [1.82, 2.24) is 14.8 Å². The van der Waals surface area contributed by atoms with E-state index >= 15 is 0 Å². The Labute approximate surface area is 195 Å². The largest absolute Gasteiger partial charge is 0.481 e. The van der Waals surface area contributed by atoms with Gasteiger partial charge in [-0.25, -0.2) is 8.78 Å². The Balaban J connectivity index is 1.88. The van der Waals surface area contributed by atoms with E-state index in [1.165, 1.54) is 6.07 Å². The molecule has 2 N–H and O–H groups in total. The summed E-state index contributed by atoms with van der Waals surface area (Å²) in [6.07, 6.45) is 3.61. The van der Waals surface area contributed by atoms with Crippen LogP contribution < -0.4 is 0 Å². The second kappa shape index (κ2) is 8.20. The number of hydrogen-bond acceptors (Lipinski definition) is 3. The summed E-state index contributed by atoms with van der Waals surface area (Å²) in [5.41, 5.74) is 3.67. The van der Waals surface area contributed by atoms with E-state index in [0.717, 1.165) is 45.6 Å². The highest BCUT2D eigenvalue weighted by Gasteiger charge is 2.39. The molecule has 1 aliphatic carbocycles. The van der Waals surface area contributed by atoms with Crippen molar-refractivity contribution in [3.8, 4) is 5.69 Å². The van der Waals surface area contributed by atoms with Crippen LogP contribution in [0.5, 0.6) is 0 Å². The van der Waals surface area contributed by atoms with E-state index in [4.69, 9.17) is 4.74 Å². The van der Waals surface area contributed by atoms with Gasteiger partial charge in [0.15, 0.2) is 11.6 Å². The molecule has 1 saturated carbocycles. The Hall–Kier alpha value is -3.26. The Kier molecular flexibility index (Phi) is 5.43. The summed E-state index contributed by atoms with van der Waals surface area (Å²) in [6.45, 7) is 4.51. The van der Waals surface area contributed by atoms with Gasteiger partial charge in [0, 0.05) is 40.7 Å². The fourth-order valence-corrected chi connectivity index (χ4v) is 5.62. The zero-order valence-corrected chi connectivity index (χ0v) is 19.4. The van der Waals surface area contributed by atoms with Crippen LogP contribution in [0.3, 0.4) is 0 Å². The van der Waals surface area contributed by atoms with Crippen LogP contribution in [-0.4, -0.2) is 39.6 Å². The Morgan fingerprint density at radius 3 is 2.71 bits per heavy atom. The second-order valence-electron chi connectivity index (χ2n) is 9.88. The molecule has 178 valence electrons. The molecule has 2 heterocycles. The van der Waals surface area contributed by atoms with E-state index in [0.29, 0.717) is 25.1 Å². The molecule has 2 aromatic carbocycles. The molecule has 0 spiro atoms. The van der Waals surface area contributed by atoms with Crippen LogP contribution in [0.1, 0.15) is 50.3 Å². The van der Waals surface area contributed by atoms with Crippen LogP contribution in [0.4, 0.5) is 8.78 Å². The summed E-state index contributed by atoms with van der Waals surface area (Å²) in [6, 6.07) is 7.94. The topological polar surface area (TPSA) is 80.1 Å². The number of ether oxygens (including phenoxy) is 1. The fourth-order valence-electron chi connectivity index (χ4n) is 5.62. The predicted octanol–water partition coefficient (Wildman–Crippen LogP) is 5.68. The number of carboxylic acid groups (broad SMARTS) is 1. The van der Waals surface area contributed by atoms with Gasteiger partial charge < -0.3 is 14.4 Å².